The van der Waals surface area contributed by atoms with Gasteiger partial charge >= 0.3 is 0 Å². The van der Waals surface area contributed by atoms with Crippen molar-refractivity contribution in [1.29, 1.82) is 0 Å². The zero-order valence-electron chi connectivity index (χ0n) is 5.76. The van der Waals surface area contributed by atoms with E-state index >= 15 is 0 Å². The molecule has 0 saturated heterocycles. The molecule has 0 aromatic rings. The first-order valence-corrected chi connectivity index (χ1v) is 4.66. The summed E-state index contributed by atoms with van der Waals surface area (Å²) in [5.74, 6) is 0. The SMILES string of the molecule is CSC1=CNC(=S)CC=C1. The Morgan fingerprint density at radius 3 is 3.20 bits per heavy atom. The zero-order chi connectivity index (χ0) is 7.40. The monoisotopic (exact) mass is 171 g/mol. The molecule has 0 radical (unpaired) electrons. The minimum atomic E-state index is 0.857. The molecule has 0 aliphatic carbocycles. The molecule has 0 amide bonds. The van der Waals surface area contributed by atoms with Crippen molar-refractivity contribution in [3.05, 3.63) is 23.3 Å². The second-order valence-corrected chi connectivity index (χ2v) is 3.30. The molecule has 1 rings (SSSR count). The van der Waals surface area contributed by atoms with Gasteiger partial charge in [0.15, 0.2) is 0 Å². The highest BCUT2D eigenvalue weighted by molar-refractivity contribution is 8.02. The Bertz CT molecular complexity index is 194. The van der Waals surface area contributed by atoms with Crippen LogP contribution in [0.3, 0.4) is 0 Å². The zero-order valence-corrected chi connectivity index (χ0v) is 7.39. The molecule has 0 saturated carbocycles. The number of thiocarbonyl (C=S) groups is 1. The van der Waals surface area contributed by atoms with E-state index in [0.29, 0.717) is 0 Å². The molecule has 1 aliphatic heterocycles. The lowest BCUT2D eigenvalue weighted by Crippen LogP contribution is -2.11. The normalized spacial score (nSPS) is 17.7. The molecule has 0 bridgehead atoms. The summed E-state index contributed by atoms with van der Waals surface area (Å²) in [6.07, 6.45) is 9.00. The van der Waals surface area contributed by atoms with Crippen LogP contribution in [-0.2, 0) is 0 Å². The average Bonchev–Trinajstić information content (AvgIpc) is 2.14. The Kier molecular flexibility index (Phi) is 2.96. The van der Waals surface area contributed by atoms with Crippen LogP contribution >= 0.6 is 24.0 Å². The first kappa shape index (κ1) is 7.82. The Hall–Kier alpha value is -0.280. The molecule has 0 unspecified atom stereocenters. The molecule has 0 spiro atoms. The molecule has 0 aromatic carbocycles. The van der Waals surface area contributed by atoms with Crippen LogP contribution in [0.15, 0.2) is 23.3 Å². The second kappa shape index (κ2) is 3.78. The highest BCUT2D eigenvalue weighted by atomic mass is 32.2. The molecule has 54 valence electrons. The minimum Gasteiger partial charge on any atom is -0.355 e. The van der Waals surface area contributed by atoms with Gasteiger partial charge in [0.25, 0.3) is 0 Å². The number of nitrogens with one attached hydrogen (secondary N) is 1. The van der Waals surface area contributed by atoms with Gasteiger partial charge in [-0.05, 0) is 6.26 Å². The molecule has 3 heteroatoms. The average molecular weight is 171 g/mol. The fourth-order valence-corrected chi connectivity index (χ4v) is 1.23. The molecule has 1 heterocycles. The van der Waals surface area contributed by atoms with E-state index in [9.17, 15) is 0 Å². The topological polar surface area (TPSA) is 12.0 Å². The van der Waals surface area contributed by atoms with E-state index in [1.165, 1.54) is 4.91 Å². The van der Waals surface area contributed by atoms with Crippen LogP contribution < -0.4 is 5.32 Å². The van der Waals surface area contributed by atoms with Gasteiger partial charge in [-0.3, -0.25) is 0 Å². The fourth-order valence-electron chi connectivity index (χ4n) is 0.668. The van der Waals surface area contributed by atoms with Crippen LogP contribution in [0.25, 0.3) is 0 Å². The quantitative estimate of drug-likeness (QED) is 0.607. The maximum atomic E-state index is 4.98. The molecule has 1 N–H and O–H groups in total. The van der Waals surface area contributed by atoms with E-state index in [1.54, 1.807) is 11.8 Å². The van der Waals surface area contributed by atoms with E-state index < -0.39 is 0 Å². The van der Waals surface area contributed by atoms with Crippen molar-refractivity contribution in [1.82, 2.24) is 5.32 Å². The fraction of sp³-hybridized carbons (Fsp3) is 0.286. The Balaban J connectivity index is 2.66. The van der Waals surface area contributed by atoms with Crippen LogP contribution in [0, 0.1) is 0 Å². The third-order valence-corrected chi connectivity index (χ3v) is 2.21. The highest BCUT2D eigenvalue weighted by Gasteiger charge is 1.96. The Morgan fingerprint density at radius 2 is 2.50 bits per heavy atom. The Labute approximate surface area is 70.6 Å². The number of allylic oxidation sites excluding steroid dienone is 1. The predicted molar refractivity (Wildman–Crippen MR) is 51.1 cm³/mol. The number of rotatable bonds is 1. The van der Waals surface area contributed by atoms with E-state index in [2.05, 4.69) is 17.5 Å². The van der Waals surface area contributed by atoms with Crippen molar-refractivity contribution >= 4 is 29.0 Å². The summed E-state index contributed by atoms with van der Waals surface area (Å²) in [6, 6.07) is 0. The standard InChI is InChI=1S/C7H9NS2/c1-10-6-3-2-4-7(9)8-5-6/h2-3,5H,4H2,1H3,(H,8,9). The van der Waals surface area contributed by atoms with Gasteiger partial charge in [-0.2, -0.15) is 0 Å². The van der Waals surface area contributed by atoms with E-state index in [1.807, 2.05) is 12.5 Å². The van der Waals surface area contributed by atoms with E-state index in [4.69, 9.17) is 12.2 Å². The lowest BCUT2D eigenvalue weighted by atomic mass is 10.4. The number of hydrogen-bond donors (Lipinski definition) is 1. The number of hydrogen-bond acceptors (Lipinski definition) is 2. The molecular formula is C7H9NS2. The first-order valence-electron chi connectivity index (χ1n) is 3.03. The summed E-state index contributed by atoms with van der Waals surface area (Å²) in [4.78, 5) is 2.11. The van der Waals surface area contributed by atoms with Crippen LogP contribution in [0.2, 0.25) is 0 Å². The summed E-state index contributed by atoms with van der Waals surface area (Å²) in [6.45, 7) is 0. The van der Waals surface area contributed by atoms with Crippen molar-refractivity contribution in [3.8, 4) is 0 Å². The maximum absolute atomic E-state index is 4.98. The summed E-state index contributed by atoms with van der Waals surface area (Å²) in [7, 11) is 0. The summed E-state index contributed by atoms with van der Waals surface area (Å²) in [5, 5.41) is 3.03. The first-order chi connectivity index (χ1) is 4.83. The molecule has 0 fully saturated rings. The van der Waals surface area contributed by atoms with Gasteiger partial charge in [-0.25, -0.2) is 0 Å². The summed E-state index contributed by atoms with van der Waals surface area (Å²) < 4.78 is 0. The largest absolute Gasteiger partial charge is 0.355 e. The molecule has 10 heavy (non-hydrogen) atoms. The number of thioether (sulfide) groups is 1. The third kappa shape index (κ3) is 2.15. The Morgan fingerprint density at radius 1 is 1.70 bits per heavy atom. The van der Waals surface area contributed by atoms with E-state index in [0.717, 1.165) is 11.4 Å². The lowest BCUT2D eigenvalue weighted by Gasteiger charge is -1.96. The van der Waals surface area contributed by atoms with Gasteiger partial charge in [0.1, 0.15) is 0 Å². The van der Waals surface area contributed by atoms with E-state index in [-0.39, 0.29) is 0 Å². The molecule has 1 aliphatic rings. The van der Waals surface area contributed by atoms with Crippen LogP contribution in [0.5, 0.6) is 0 Å². The molecule has 1 nitrogen and oxygen atoms in total. The van der Waals surface area contributed by atoms with Gasteiger partial charge in [0.05, 0.1) is 4.99 Å². The minimum absolute atomic E-state index is 0.857. The smallest absolute Gasteiger partial charge is 0.0831 e. The van der Waals surface area contributed by atoms with Crippen molar-refractivity contribution in [2.75, 3.05) is 6.26 Å². The van der Waals surface area contributed by atoms with Crippen LogP contribution in [-0.4, -0.2) is 11.2 Å². The van der Waals surface area contributed by atoms with Crippen LogP contribution in [0.4, 0.5) is 0 Å². The molecular weight excluding hydrogens is 162 g/mol. The van der Waals surface area contributed by atoms with Gasteiger partial charge < -0.3 is 5.32 Å². The van der Waals surface area contributed by atoms with Crippen LogP contribution in [0.1, 0.15) is 6.42 Å². The van der Waals surface area contributed by atoms with Gasteiger partial charge in [0.2, 0.25) is 0 Å². The second-order valence-electron chi connectivity index (χ2n) is 1.92. The van der Waals surface area contributed by atoms with Crippen molar-refractivity contribution in [2.45, 2.75) is 6.42 Å². The lowest BCUT2D eigenvalue weighted by molar-refractivity contribution is 1.26. The molecule has 0 aromatic heterocycles. The molecule has 0 atom stereocenters. The highest BCUT2D eigenvalue weighted by Crippen LogP contribution is 2.13. The van der Waals surface area contributed by atoms with Crippen molar-refractivity contribution in [2.24, 2.45) is 0 Å². The van der Waals surface area contributed by atoms with Gasteiger partial charge in [-0.15, -0.1) is 11.8 Å². The summed E-state index contributed by atoms with van der Waals surface area (Å²) in [5.41, 5.74) is 0. The summed E-state index contributed by atoms with van der Waals surface area (Å²) >= 11 is 6.69. The van der Waals surface area contributed by atoms with Gasteiger partial charge in [-0.1, -0.05) is 24.4 Å². The van der Waals surface area contributed by atoms with Gasteiger partial charge in [0, 0.05) is 17.5 Å². The van der Waals surface area contributed by atoms with Crippen molar-refractivity contribution in [3.63, 3.8) is 0 Å². The third-order valence-electron chi connectivity index (χ3n) is 1.20. The maximum Gasteiger partial charge on any atom is 0.0831 e. The predicted octanol–water partition coefficient (Wildman–Crippen LogP) is 2.07. The van der Waals surface area contributed by atoms with Crippen molar-refractivity contribution < 1.29 is 0 Å².